The van der Waals surface area contributed by atoms with Gasteiger partial charge in [-0.2, -0.15) is 0 Å². The van der Waals surface area contributed by atoms with Crippen molar-refractivity contribution in [3.63, 3.8) is 0 Å². The third-order valence-electron chi connectivity index (χ3n) is 2.84. The van der Waals surface area contributed by atoms with Gasteiger partial charge in [-0.25, -0.2) is 0 Å². The second-order valence-electron chi connectivity index (χ2n) is 4.34. The van der Waals surface area contributed by atoms with Gasteiger partial charge in [0, 0.05) is 23.5 Å². The summed E-state index contributed by atoms with van der Waals surface area (Å²) in [5, 5.41) is 1.08. The van der Waals surface area contributed by atoms with E-state index in [1.165, 1.54) is 29.3 Å². The van der Waals surface area contributed by atoms with Gasteiger partial charge in [0.15, 0.2) is 0 Å². The molecule has 1 unspecified atom stereocenters. The first-order chi connectivity index (χ1) is 8.26. The van der Waals surface area contributed by atoms with Crippen LogP contribution in [0.1, 0.15) is 24.8 Å². The quantitative estimate of drug-likeness (QED) is 0.475. The van der Waals surface area contributed by atoms with E-state index in [0.29, 0.717) is 0 Å². The van der Waals surface area contributed by atoms with Crippen LogP contribution in [0.25, 0.3) is 0 Å². The van der Waals surface area contributed by atoms with Crippen molar-refractivity contribution in [1.82, 2.24) is 0 Å². The summed E-state index contributed by atoms with van der Waals surface area (Å²) in [5.74, 6) is 0.723. The Kier molecular flexibility index (Phi) is 8.15. The minimum Gasteiger partial charge on any atom is -0.385 e. The van der Waals surface area contributed by atoms with Crippen LogP contribution in [0.4, 0.5) is 0 Å². The molecule has 3 heteroatoms. The van der Waals surface area contributed by atoms with E-state index in [4.69, 9.17) is 4.74 Å². The Morgan fingerprint density at radius 3 is 2.76 bits per heavy atom. The Bertz CT molecular complexity index is 315. The minimum atomic E-state index is 0.723. The van der Waals surface area contributed by atoms with Gasteiger partial charge in [0.05, 0.1) is 0 Å². The third kappa shape index (κ3) is 6.58. The lowest BCUT2D eigenvalue weighted by Crippen LogP contribution is -2.06. The van der Waals surface area contributed by atoms with Crippen LogP contribution in [-0.2, 0) is 11.2 Å². The number of hydrogen-bond acceptors (Lipinski definition) is 1. The number of unbranched alkanes of at least 4 members (excludes halogenated alkanes) is 1. The van der Waals surface area contributed by atoms with Crippen LogP contribution < -0.4 is 0 Å². The summed E-state index contributed by atoms with van der Waals surface area (Å²) < 4.78 is 6.24. The summed E-state index contributed by atoms with van der Waals surface area (Å²) >= 11 is 7.14. The van der Waals surface area contributed by atoms with Gasteiger partial charge in [0.2, 0.25) is 0 Å². The average Bonchev–Trinajstić information content (AvgIpc) is 2.33. The summed E-state index contributed by atoms with van der Waals surface area (Å²) in [6, 6.07) is 8.60. The van der Waals surface area contributed by atoms with Crippen LogP contribution in [0.5, 0.6) is 0 Å². The number of rotatable bonds is 8. The maximum absolute atomic E-state index is 5.07. The zero-order valence-electron chi connectivity index (χ0n) is 10.3. The molecular weight excluding hydrogens is 344 g/mol. The summed E-state index contributed by atoms with van der Waals surface area (Å²) in [6.07, 6.45) is 4.83. The largest absolute Gasteiger partial charge is 0.385 e. The Balaban J connectivity index is 2.35. The number of hydrogen-bond donors (Lipinski definition) is 0. The molecule has 0 amide bonds. The Hall–Kier alpha value is 0.140. The summed E-state index contributed by atoms with van der Waals surface area (Å²) in [5.41, 5.74) is 1.41. The van der Waals surface area contributed by atoms with Crippen molar-refractivity contribution in [1.29, 1.82) is 0 Å². The van der Waals surface area contributed by atoms with E-state index in [-0.39, 0.29) is 0 Å². The lowest BCUT2D eigenvalue weighted by atomic mass is 9.96. The maximum atomic E-state index is 5.07. The van der Waals surface area contributed by atoms with E-state index in [1.54, 1.807) is 7.11 Å². The third-order valence-corrected chi connectivity index (χ3v) is 4.25. The molecule has 0 aromatic heterocycles. The molecule has 1 aromatic carbocycles. The molecule has 1 rings (SSSR count). The van der Waals surface area contributed by atoms with Gasteiger partial charge in [0.25, 0.3) is 0 Å². The van der Waals surface area contributed by atoms with Crippen molar-refractivity contribution in [3.05, 3.63) is 34.3 Å². The van der Waals surface area contributed by atoms with Crippen LogP contribution in [-0.4, -0.2) is 19.0 Å². The Morgan fingerprint density at radius 1 is 1.29 bits per heavy atom. The average molecular weight is 364 g/mol. The van der Waals surface area contributed by atoms with Crippen molar-refractivity contribution < 1.29 is 4.74 Å². The van der Waals surface area contributed by atoms with Crippen LogP contribution in [0.15, 0.2) is 28.7 Å². The van der Waals surface area contributed by atoms with E-state index in [2.05, 4.69) is 56.1 Å². The number of alkyl halides is 1. The topological polar surface area (TPSA) is 9.23 Å². The molecule has 96 valence electrons. The van der Waals surface area contributed by atoms with Crippen LogP contribution in [0.3, 0.4) is 0 Å². The van der Waals surface area contributed by atoms with E-state index >= 15 is 0 Å². The molecule has 0 aliphatic heterocycles. The lowest BCUT2D eigenvalue weighted by molar-refractivity contribution is 0.190. The zero-order chi connectivity index (χ0) is 12.5. The normalized spacial score (nSPS) is 12.6. The number of halogens is 2. The second-order valence-corrected chi connectivity index (χ2v) is 5.91. The van der Waals surface area contributed by atoms with Crippen molar-refractivity contribution in [2.45, 2.75) is 25.7 Å². The predicted octanol–water partition coefficient (Wildman–Crippen LogP) is 4.82. The molecule has 0 saturated carbocycles. The van der Waals surface area contributed by atoms with Gasteiger partial charge in [0.1, 0.15) is 0 Å². The summed E-state index contributed by atoms with van der Waals surface area (Å²) in [6.45, 7) is 0.881. The standard InChI is InChI=1S/C14H20Br2O/c1-17-8-3-2-5-13(11-15)9-12-6-4-7-14(16)10-12/h4,6-7,10,13H,2-3,5,8-9,11H2,1H3. The Labute approximate surface area is 121 Å². The van der Waals surface area contributed by atoms with Gasteiger partial charge < -0.3 is 4.74 Å². The summed E-state index contributed by atoms with van der Waals surface area (Å²) in [7, 11) is 1.77. The monoisotopic (exact) mass is 362 g/mol. The number of ether oxygens (including phenoxy) is 1. The maximum Gasteiger partial charge on any atom is 0.0462 e. The number of methoxy groups -OCH3 is 1. The molecule has 0 heterocycles. The van der Waals surface area contributed by atoms with Gasteiger partial charge >= 0.3 is 0 Å². The molecule has 0 fully saturated rings. The van der Waals surface area contributed by atoms with Gasteiger partial charge in [-0.05, 0) is 42.9 Å². The van der Waals surface area contributed by atoms with Crippen molar-refractivity contribution in [2.75, 3.05) is 19.0 Å². The highest BCUT2D eigenvalue weighted by Gasteiger charge is 2.08. The fourth-order valence-electron chi connectivity index (χ4n) is 1.91. The van der Waals surface area contributed by atoms with E-state index in [0.717, 1.165) is 24.3 Å². The van der Waals surface area contributed by atoms with E-state index in [9.17, 15) is 0 Å². The molecule has 1 nitrogen and oxygen atoms in total. The highest BCUT2D eigenvalue weighted by Crippen LogP contribution is 2.20. The first kappa shape index (κ1) is 15.2. The van der Waals surface area contributed by atoms with E-state index in [1.807, 2.05) is 0 Å². The van der Waals surface area contributed by atoms with Crippen LogP contribution >= 0.6 is 31.9 Å². The van der Waals surface area contributed by atoms with Gasteiger partial charge in [-0.15, -0.1) is 0 Å². The van der Waals surface area contributed by atoms with Gasteiger partial charge in [-0.1, -0.05) is 50.4 Å². The zero-order valence-corrected chi connectivity index (χ0v) is 13.5. The number of benzene rings is 1. The first-order valence-corrected chi connectivity index (χ1v) is 7.97. The molecule has 1 atom stereocenters. The molecule has 17 heavy (non-hydrogen) atoms. The highest BCUT2D eigenvalue weighted by molar-refractivity contribution is 9.10. The highest BCUT2D eigenvalue weighted by atomic mass is 79.9. The molecule has 0 bridgehead atoms. The van der Waals surface area contributed by atoms with E-state index < -0.39 is 0 Å². The van der Waals surface area contributed by atoms with Crippen molar-refractivity contribution in [2.24, 2.45) is 5.92 Å². The smallest absolute Gasteiger partial charge is 0.0462 e. The second kappa shape index (κ2) is 9.12. The molecule has 0 radical (unpaired) electrons. The fourth-order valence-corrected chi connectivity index (χ4v) is 2.91. The lowest BCUT2D eigenvalue weighted by Gasteiger charge is -2.14. The molecule has 0 N–H and O–H groups in total. The van der Waals surface area contributed by atoms with Crippen LogP contribution in [0, 0.1) is 5.92 Å². The SMILES string of the molecule is COCCCCC(CBr)Cc1cccc(Br)c1. The molecule has 0 aliphatic rings. The first-order valence-electron chi connectivity index (χ1n) is 6.05. The van der Waals surface area contributed by atoms with Gasteiger partial charge in [-0.3, -0.25) is 0 Å². The predicted molar refractivity (Wildman–Crippen MR) is 80.9 cm³/mol. The fraction of sp³-hybridized carbons (Fsp3) is 0.571. The molecule has 0 aliphatic carbocycles. The molecule has 1 aromatic rings. The summed E-state index contributed by atoms with van der Waals surface area (Å²) in [4.78, 5) is 0. The molecule has 0 saturated heterocycles. The molecular formula is C14H20Br2O. The minimum absolute atomic E-state index is 0.723. The van der Waals surface area contributed by atoms with Crippen molar-refractivity contribution >= 4 is 31.9 Å². The van der Waals surface area contributed by atoms with Crippen molar-refractivity contribution in [3.8, 4) is 0 Å². The van der Waals surface area contributed by atoms with Crippen LogP contribution in [0.2, 0.25) is 0 Å². The molecule has 0 spiro atoms. The Morgan fingerprint density at radius 2 is 2.12 bits per heavy atom.